The van der Waals surface area contributed by atoms with Crippen molar-refractivity contribution in [2.24, 2.45) is 0 Å². The average molecular weight is 340 g/mol. The molecule has 7 nitrogen and oxygen atoms in total. The van der Waals surface area contributed by atoms with Gasteiger partial charge in [0.1, 0.15) is 0 Å². The Morgan fingerprint density at radius 1 is 0.800 bits per heavy atom. The lowest BCUT2D eigenvalue weighted by molar-refractivity contribution is 0.0564. The van der Waals surface area contributed by atoms with Gasteiger partial charge in [-0.3, -0.25) is 0 Å². The first kappa shape index (κ1) is 16.8. The standard InChI is InChI=1S/C18H20N4O3/c23-17(19-14-5-2-1-3-6-14)20-15-7-4-8-16(13-15)21-18(24)22-9-11-25-12-10-22/h1-8,13H,9-12H2,(H,21,24)(H2,19,20,23). The van der Waals surface area contributed by atoms with Gasteiger partial charge in [0.2, 0.25) is 0 Å². The Kier molecular flexibility index (Phi) is 5.48. The molecular formula is C18H20N4O3. The number of urea groups is 2. The molecule has 1 fully saturated rings. The molecule has 4 amide bonds. The van der Waals surface area contributed by atoms with Gasteiger partial charge in [-0.15, -0.1) is 0 Å². The fourth-order valence-corrected chi connectivity index (χ4v) is 2.46. The number of ether oxygens (including phenoxy) is 1. The molecule has 0 aromatic heterocycles. The van der Waals surface area contributed by atoms with Crippen LogP contribution in [0.15, 0.2) is 54.6 Å². The van der Waals surface area contributed by atoms with Gasteiger partial charge in [-0.1, -0.05) is 24.3 Å². The number of carbonyl (C=O) groups excluding carboxylic acids is 2. The molecule has 0 radical (unpaired) electrons. The number of hydrogen-bond acceptors (Lipinski definition) is 3. The van der Waals surface area contributed by atoms with Crippen LogP contribution in [0.2, 0.25) is 0 Å². The number of hydrogen-bond donors (Lipinski definition) is 3. The van der Waals surface area contributed by atoms with Crippen molar-refractivity contribution in [2.45, 2.75) is 0 Å². The summed E-state index contributed by atoms with van der Waals surface area (Å²) in [5.74, 6) is 0. The van der Waals surface area contributed by atoms with E-state index >= 15 is 0 Å². The molecule has 1 aliphatic heterocycles. The number of rotatable bonds is 3. The highest BCUT2D eigenvalue weighted by Gasteiger charge is 2.16. The molecule has 0 aliphatic carbocycles. The minimum atomic E-state index is -0.345. The van der Waals surface area contributed by atoms with Crippen molar-refractivity contribution >= 4 is 29.1 Å². The highest BCUT2D eigenvalue weighted by molar-refractivity contribution is 6.00. The zero-order valence-corrected chi connectivity index (χ0v) is 13.7. The van der Waals surface area contributed by atoms with Crippen molar-refractivity contribution in [2.75, 3.05) is 42.3 Å². The maximum Gasteiger partial charge on any atom is 0.323 e. The van der Waals surface area contributed by atoms with Crippen LogP contribution in [-0.2, 0) is 4.74 Å². The number of amides is 4. The first-order chi connectivity index (χ1) is 12.2. The molecule has 0 spiro atoms. The summed E-state index contributed by atoms with van der Waals surface area (Å²) in [4.78, 5) is 25.9. The summed E-state index contributed by atoms with van der Waals surface area (Å²) in [6.45, 7) is 2.25. The molecule has 0 bridgehead atoms. The van der Waals surface area contributed by atoms with E-state index in [9.17, 15) is 9.59 Å². The van der Waals surface area contributed by atoms with Gasteiger partial charge in [-0.2, -0.15) is 0 Å². The van der Waals surface area contributed by atoms with Gasteiger partial charge in [0.05, 0.1) is 13.2 Å². The summed E-state index contributed by atoms with van der Waals surface area (Å²) in [6.07, 6.45) is 0. The molecule has 25 heavy (non-hydrogen) atoms. The number of nitrogens with zero attached hydrogens (tertiary/aromatic N) is 1. The first-order valence-corrected chi connectivity index (χ1v) is 8.07. The van der Waals surface area contributed by atoms with Crippen molar-refractivity contribution in [3.8, 4) is 0 Å². The van der Waals surface area contributed by atoms with Crippen molar-refractivity contribution in [3.05, 3.63) is 54.6 Å². The largest absolute Gasteiger partial charge is 0.378 e. The maximum absolute atomic E-state index is 12.2. The quantitative estimate of drug-likeness (QED) is 0.802. The molecule has 130 valence electrons. The van der Waals surface area contributed by atoms with E-state index in [2.05, 4.69) is 16.0 Å². The van der Waals surface area contributed by atoms with E-state index in [-0.39, 0.29) is 12.1 Å². The highest BCUT2D eigenvalue weighted by atomic mass is 16.5. The Morgan fingerprint density at radius 3 is 2.12 bits per heavy atom. The maximum atomic E-state index is 12.2. The van der Waals surface area contributed by atoms with E-state index in [1.54, 1.807) is 41.3 Å². The van der Waals surface area contributed by atoms with Gasteiger partial charge >= 0.3 is 12.1 Å². The minimum absolute atomic E-state index is 0.172. The van der Waals surface area contributed by atoms with Gasteiger partial charge in [-0.05, 0) is 30.3 Å². The van der Waals surface area contributed by atoms with Crippen molar-refractivity contribution in [1.29, 1.82) is 0 Å². The predicted octanol–water partition coefficient (Wildman–Crippen LogP) is 3.19. The number of para-hydroxylation sites is 1. The van der Waals surface area contributed by atoms with E-state index < -0.39 is 0 Å². The summed E-state index contributed by atoms with van der Waals surface area (Å²) in [5, 5.41) is 8.33. The molecule has 7 heteroatoms. The topological polar surface area (TPSA) is 82.7 Å². The van der Waals surface area contributed by atoms with E-state index in [1.807, 2.05) is 18.2 Å². The normalized spacial score (nSPS) is 13.8. The van der Waals surface area contributed by atoms with Gasteiger partial charge in [-0.25, -0.2) is 9.59 Å². The molecule has 1 heterocycles. The zero-order chi connectivity index (χ0) is 17.5. The lowest BCUT2D eigenvalue weighted by atomic mass is 10.2. The summed E-state index contributed by atoms with van der Waals surface area (Å²) in [7, 11) is 0. The Morgan fingerprint density at radius 2 is 1.40 bits per heavy atom. The van der Waals surface area contributed by atoms with Crippen LogP contribution in [0, 0.1) is 0 Å². The van der Waals surface area contributed by atoms with E-state index in [4.69, 9.17) is 4.74 Å². The lowest BCUT2D eigenvalue weighted by Crippen LogP contribution is -2.43. The molecule has 1 aliphatic rings. The monoisotopic (exact) mass is 340 g/mol. The van der Waals surface area contributed by atoms with Crippen molar-refractivity contribution in [1.82, 2.24) is 4.90 Å². The molecule has 0 atom stereocenters. The van der Waals surface area contributed by atoms with E-state index in [1.165, 1.54) is 0 Å². The Bertz CT molecular complexity index is 730. The number of benzene rings is 2. The van der Waals surface area contributed by atoms with Crippen molar-refractivity contribution in [3.63, 3.8) is 0 Å². The van der Waals surface area contributed by atoms with E-state index in [0.29, 0.717) is 43.4 Å². The molecule has 0 saturated carbocycles. The van der Waals surface area contributed by atoms with Gasteiger partial charge in [0.25, 0.3) is 0 Å². The molecule has 1 saturated heterocycles. The average Bonchev–Trinajstić information content (AvgIpc) is 2.63. The Balaban J connectivity index is 1.57. The van der Waals surface area contributed by atoms with Gasteiger partial charge in [0, 0.05) is 30.2 Å². The Hall–Kier alpha value is -3.06. The first-order valence-electron chi connectivity index (χ1n) is 8.07. The van der Waals surface area contributed by atoms with Crippen LogP contribution < -0.4 is 16.0 Å². The third-order valence-corrected chi connectivity index (χ3v) is 3.70. The van der Waals surface area contributed by atoms with Gasteiger partial charge in [0.15, 0.2) is 0 Å². The van der Waals surface area contributed by atoms with Crippen LogP contribution in [0.4, 0.5) is 26.7 Å². The van der Waals surface area contributed by atoms with Crippen LogP contribution in [0.3, 0.4) is 0 Å². The molecule has 2 aromatic carbocycles. The second-order valence-corrected chi connectivity index (χ2v) is 5.56. The highest BCUT2D eigenvalue weighted by Crippen LogP contribution is 2.16. The second-order valence-electron chi connectivity index (χ2n) is 5.56. The van der Waals surface area contributed by atoms with Crippen molar-refractivity contribution < 1.29 is 14.3 Å². The minimum Gasteiger partial charge on any atom is -0.378 e. The fraction of sp³-hybridized carbons (Fsp3) is 0.222. The summed E-state index contributed by atoms with van der Waals surface area (Å²) >= 11 is 0. The van der Waals surface area contributed by atoms with Crippen LogP contribution in [0.5, 0.6) is 0 Å². The third-order valence-electron chi connectivity index (χ3n) is 3.70. The lowest BCUT2D eigenvalue weighted by Gasteiger charge is -2.27. The zero-order valence-electron chi connectivity index (χ0n) is 13.7. The SMILES string of the molecule is O=C(Nc1ccccc1)Nc1cccc(NC(=O)N2CCOCC2)c1. The summed E-state index contributed by atoms with van der Waals surface area (Å²) in [6, 6.07) is 15.7. The van der Waals surface area contributed by atoms with Crippen LogP contribution in [0.1, 0.15) is 0 Å². The predicted molar refractivity (Wildman–Crippen MR) is 96.9 cm³/mol. The number of nitrogens with one attached hydrogen (secondary N) is 3. The fourth-order valence-electron chi connectivity index (χ4n) is 2.46. The van der Waals surface area contributed by atoms with Crippen LogP contribution >= 0.6 is 0 Å². The number of morpholine rings is 1. The van der Waals surface area contributed by atoms with Crippen LogP contribution in [0.25, 0.3) is 0 Å². The number of anilines is 3. The smallest absolute Gasteiger partial charge is 0.323 e. The van der Waals surface area contributed by atoms with E-state index in [0.717, 1.165) is 0 Å². The molecule has 3 rings (SSSR count). The molecule has 3 N–H and O–H groups in total. The molecular weight excluding hydrogens is 320 g/mol. The van der Waals surface area contributed by atoms with Gasteiger partial charge < -0.3 is 25.6 Å². The third kappa shape index (κ3) is 4.95. The Labute approximate surface area is 146 Å². The summed E-state index contributed by atoms with van der Waals surface area (Å²) in [5.41, 5.74) is 1.92. The molecule has 0 unspecified atom stereocenters. The second kappa shape index (κ2) is 8.16. The molecule has 2 aromatic rings. The number of carbonyl (C=O) groups is 2. The van der Waals surface area contributed by atoms with Crippen LogP contribution in [-0.4, -0.2) is 43.3 Å². The summed E-state index contributed by atoms with van der Waals surface area (Å²) < 4.78 is 5.24.